The van der Waals surface area contributed by atoms with Gasteiger partial charge in [-0.15, -0.1) is 0 Å². The molecule has 0 fully saturated rings. The first kappa shape index (κ1) is 21.6. The summed E-state index contributed by atoms with van der Waals surface area (Å²) in [5.74, 6) is 0.192. The molecule has 0 bridgehead atoms. The Bertz CT molecular complexity index is 1370. The predicted octanol–water partition coefficient (Wildman–Crippen LogP) is 6.89. The zero-order chi connectivity index (χ0) is 22.7. The van der Waals surface area contributed by atoms with Crippen LogP contribution in [0.1, 0.15) is 30.9 Å². The van der Waals surface area contributed by atoms with Gasteiger partial charge in [0.05, 0.1) is 10.6 Å². The van der Waals surface area contributed by atoms with Gasteiger partial charge >= 0.3 is 5.63 Å². The van der Waals surface area contributed by atoms with Gasteiger partial charge in [-0.3, -0.25) is 4.79 Å². The van der Waals surface area contributed by atoms with Crippen LogP contribution in [0.15, 0.2) is 88.1 Å². The number of hydrogen-bond donors (Lipinski definition) is 1. The van der Waals surface area contributed by atoms with Crippen LogP contribution in [0, 0.1) is 0 Å². The van der Waals surface area contributed by atoms with Crippen LogP contribution in [-0.4, -0.2) is 5.91 Å². The first-order valence-corrected chi connectivity index (χ1v) is 10.7. The number of nitrogens with one attached hydrogen (secondary N) is 1. The number of amides is 1. The molecule has 32 heavy (non-hydrogen) atoms. The third-order valence-electron chi connectivity index (χ3n) is 5.20. The van der Waals surface area contributed by atoms with Gasteiger partial charge in [0.15, 0.2) is 0 Å². The summed E-state index contributed by atoms with van der Waals surface area (Å²) in [7, 11) is 0. The summed E-state index contributed by atoms with van der Waals surface area (Å²) in [6, 6.07) is 22.2. The molecule has 0 unspecified atom stereocenters. The Kier molecular flexibility index (Phi) is 6.24. The summed E-state index contributed by atoms with van der Waals surface area (Å²) in [5.41, 5.74) is 3.71. The first-order chi connectivity index (χ1) is 15.4. The molecule has 0 saturated heterocycles. The molecule has 0 aliphatic rings. The second kappa shape index (κ2) is 9.25. The summed E-state index contributed by atoms with van der Waals surface area (Å²) in [4.78, 5) is 24.7. The van der Waals surface area contributed by atoms with E-state index in [1.54, 1.807) is 36.4 Å². The summed E-state index contributed by atoms with van der Waals surface area (Å²) in [5, 5.41) is 3.95. The normalized spacial score (nSPS) is 11.4. The van der Waals surface area contributed by atoms with E-state index < -0.39 is 5.63 Å². The van der Waals surface area contributed by atoms with Crippen molar-refractivity contribution in [2.45, 2.75) is 19.8 Å². The largest absolute Gasteiger partial charge is 0.422 e. The summed E-state index contributed by atoms with van der Waals surface area (Å²) in [6.07, 6.45) is 3.24. The Morgan fingerprint density at radius 2 is 1.72 bits per heavy atom. The fourth-order valence-electron chi connectivity index (χ4n) is 3.41. The predicted molar refractivity (Wildman–Crippen MR) is 131 cm³/mol. The molecule has 1 aromatic heterocycles. The monoisotopic (exact) mass is 443 g/mol. The van der Waals surface area contributed by atoms with Gasteiger partial charge in [0.25, 0.3) is 0 Å². The Balaban J connectivity index is 1.50. The Labute approximate surface area is 191 Å². The zero-order valence-electron chi connectivity index (χ0n) is 17.8. The lowest BCUT2D eigenvalue weighted by atomic mass is 10.0. The highest BCUT2D eigenvalue weighted by Gasteiger charge is 2.12. The van der Waals surface area contributed by atoms with E-state index in [1.165, 1.54) is 11.6 Å². The second-order valence-corrected chi connectivity index (χ2v) is 8.23. The van der Waals surface area contributed by atoms with E-state index in [1.807, 2.05) is 30.3 Å². The fraction of sp³-hybridized carbons (Fsp3) is 0.111. The van der Waals surface area contributed by atoms with Crippen LogP contribution in [0.5, 0.6) is 0 Å². The number of carbonyl (C=O) groups is 1. The van der Waals surface area contributed by atoms with E-state index in [9.17, 15) is 9.59 Å². The highest BCUT2D eigenvalue weighted by atomic mass is 35.5. The summed E-state index contributed by atoms with van der Waals surface area (Å²) < 4.78 is 5.40. The van der Waals surface area contributed by atoms with Gasteiger partial charge in [0, 0.05) is 22.7 Å². The molecule has 5 heteroatoms. The highest BCUT2D eigenvalue weighted by molar-refractivity contribution is 6.33. The number of rotatable bonds is 5. The molecule has 1 N–H and O–H groups in total. The van der Waals surface area contributed by atoms with E-state index >= 15 is 0 Å². The van der Waals surface area contributed by atoms with E-state index in [0.29, 0.717) is 33.3 Å². The Morgan fingerprint density at radius 3 is 2.44 bits per heavy atom. The molecule has 0 radical (unpaired) electrons. The second-order valence-electron chi connectivity index (χ2n) is 7.82. The molecule has 4 rings (SSSR count). The van der Waals surface area contributed by atoms with E-state index in [2.05, 4.69) is 31.3 Å². The van der Waals surface area contributed by atoms with Crippen LogP contribution >= 0.6 is 11.6 Å². The topological polar surface area (TPSA) is 59.3 Å². The molecule has 1 heterocycles. The maximum atomic E-state index is 12.4. The van der Waals surface area contributed by atoms with Gasteiger partial charge in [-0.05, 0) is 47.4 Å². The van der Waals surface area contributed by atoms with Crippen LogP contribution in [0.25, 0.3) is 28.2 Å². The van der Waals surface area contributed by atoms with E-state index in [0.717, 1.165) is 10.9 Å². The lowest BCUT2D eigenvalue weighted by Crippen LogP contribution is -2.08. The number of carbonyl (C=O) groups excluding carboxylic acids is 1. The smallest absolute Gasteiger partial charge is 0.344 e. The maximum Gasteiger partial charge on any atom is 0.344 e. The first-order valence-electron chi connectivity index (χ1n) is 10.3. The van der Waals surface area contributed by atoms with Crippen molar-refractivity contribution in [1.82, 2.24) is 0 Å². The molecule has 1 amide bonds. The van der Waals surface area contributed by atoms with Gasteiger partial charge in [-0.2, -0.15) is 0 Å². The minimum Gasteiger partial charge on any atom is -0.422 e. The molecule has 3 aromatic carbocycles. The number of fused-ring (bicyclic) bond motifs is 1. The minimum atomic E-state index is -0.464. The Hall–Kier alpha value is -3.63. The highest BCUT2D eigenvalue weighted by Crippen LogP contribution is 2.30. The molecule has 0 aliphatic carbocycles. The van der Waals surface area contributed by atoms with Crippen LogP contribution in [0.2, 0.25) is 5.02 Å². The summed E-state index contributed by atoms with van der Waals surface area (Å²) in [6.45, 7) is 4.28. The van der Waals surface area contributed by atoms with Crippen LogP contribution in [0.3, 0.4) is 0 Å². The standard InChI is InChI=1S/C27H22ClNO3/c1-17(2)19-10-7-18(8-11-19)9-14-26(30)29-21-12-13-22(24(28)16-21)23-15-20-5-3-4-6-25(20)32-27(23)31/h3-17H,1-2H3,(H,29,30). The molecule has 0 spiro atoms. The lowest BCUT2D eigenvalue weighted by molar-refractivity contribution is -0.111. The molecule has 0 atom stereocenters. The third kappa shape index (κ3) is 4.82. The maximum absolute atomic E-state index is 12.4. The van der Waals surface area contributed by atoms with Gasteiger partial charge < -0.3 is 9.73 Å². The molecule has 4 aromatic rings. The fourth-order valence-corrected chi connectivity index (χ4v) is 3.69. The van der Waals surface area contributed by atoms with E-state index in [4.69, 9.17) is 16.0 Å². The van der Waals surface area contributed by atoms with E-state index in [-0.39, 0.29) is 5.91 Å². The molecule has 0 aliphatic heterocycles. The van der Waals surface area contributed by atoms with Gasteiger partial charge in [-0.25, -0.2) is 4.79 Å². The number of hydrogen-bond acceptors (Lipinski definition) is 3. The van der Waals surface area contributed by atoms with Crippen molar-refractivity contribution in [3.05, 3.63) is 105 Å². The molecule has 0 saturated carbocycles. The number of anilines is 1. The minimum absolute atomic E-state index is 0.271. The van der Waals surface area contributed by atoms with Crippen molar-refractivity contribution in [2.75, 3.05) is 5.32 Å². The quantitative estimate of drug-likeness (QED) is 0.270. The Morgan fingerprint density at radius 1 is 0.969 bits per heavy atom. The van der Waals surface area contributed by atoms with Crippen LogP contribution in [0.4, 0.5) is 5.69 Å². The van der Waals surface area contributed by atoms with Crippen molar-refractivity contribution in [3.8, 4) is 11.1 Å². The molecular formula is C27H22ClNO3. The van der Waals surface area contributed by atoms with Gasteiger partial charge in [0.2, 0.25) is 5.91 Å². The average molecular weight is 444 g/mol. The molecular weight excluding hydrogens is 422 g/mol. The third-order valence-corrected chi connectivity index (χ3v) is 5.51. The number of para-hydroxylation sites is 1. The SMILES string of the molecule is CC(C)c1ccc(C=CC(=O)Nc2ccc(-c3cc4ccccc4oc3=O)c(Cl)c2)cc1. The number of benzene rings is 3. The molecule has 160 valence electrons. The number of halogens is 1. The summed E-state index contributed by atoms with van der Waals surface area (Å²) >= 11 is 6.43. The van der Waals surface area contributed by atoms with Crippen molar-refractivity contribution in [2.24, 2.45) is 0 Å². The van der Waals surface area contributed by atoms with Crippen LogP contribution < -0.4 is 10.9 Å². The lowest BCUT2D eigenvalue weighted by Gasteiger charge is -2.08. The van der Waals surface area contributed by atoms with Crippen molar-refractivity contribution >= 4 is 40.2 Å². The van der Waals surface area contributed by atoms with Gasteiger partial charge in [-0.1, -0.05) is 74.0 Å². The van der Waals surface area contributed by atoms with Crippen molar-refractivity contribution < 1.29 is 9.21 Å². The molecule has 4 nitrogen and oxygen atoms in total. The van der Waals surface area contributed by atoms with Crippen molar-refractivity contribution in [3.63, 3.8) is 0 Å². The van der Waals surface area contributed by atoms with Crippen LogP contribution in [-0.2, 0) is 4.79 Å². The van der Waals surface area contributed by atoms with Gasteiger partial charge in [0.1, 0.15) is 5.58 Å². The van der Waals surface area contributed by atoms with Crippen molar-refractivity contribution in [1.29, 1.82) is 0 Å². The average Bonchev–Trinajstić information content (AvgIpc) is 2.78. The zero-order valence-corrected chi connectivity index (χ0v) is 18.5.